The number of aromatic amines is 1. The van der Waals surface area contributed by atoms with Gasteiger partial charge in [0.05, 0.1) is 0 Å². The molecular weight excluding hydrogens is 178 g/mol. The number of rotatable bonds is 2. The summed E-state index contributed by atoms with van der Waals surface area (Å²) in [4.78, 5) is 3.10. The van der Waals surface area contributed by atoms with Crippen molar-refractivity contribution in [3.63, 3.8) is 0 Å². The van der Waals surface area contributed by atoms with Crippen LogP contribution < -0.4 is 17.1 Å². The van der Waals surface area contributed by atoms with E-state index in [4.69, 9.17) is 11.6 Å². The number of amidine groups is 1. The van der Waals surface area contributed by atoms with Gasteiger partial charge in [0, 0.05) is 22.7 Å². The first-order valence-corrected chi connectivity index (χ1v) is 4.18. The Morgan fingerprint density at radius 2 is 2.14 bits per heavy atom. The Labute approximate surface area is 80.8 Å². The van der Waals surface area contributed by atoms with Gasteiger partial charge < -0.3 is 10.7 Å². The highest BCUT2D eigenvalue weighted by Gasteiger charge is 2.05. The van der Waals surface area contributed by atoms with Crippen molar-refractivity contribution in [2.45, 2.75) is 0 Å². The van der Waals surface area contributed by atoms with Gasteiger partial charge in [-0.05, 0) is 6.07 Å². The fourth-order valence-corrected chi connectivity index (χ4v) is 1.41. The zero-order chi connectivity index (χ0) is 9.97. The number of hydrogen-bond donors (Lipinski definition) is 4. The first-order chi connectivity index (χ1) is 6.83. The number of nitrogens with one attached hydrogen (secondary N) is 2. The summed E-state index contributed by atoms with van der Waals surface area (Å²) in [5.41, 5.74) is 9.74. The largest absolute Gasteiger partial charge is 0.382 e. The molecule has 0 bridgehead atoms. The molecule has 72 valence electrons. The van der Waals surface area contributed by atoms with E-state index in [0.29, 0.717) is 5.84 Å². The van der Waals surface area contributed by atoms with Crippen LogP contribution in [0.25, 0.3) is 10.9 Å². The third-order valence-corrected chi connectivity index (χ3v) is 2.05. The maximum absolute atomic E-state index is 5.70. The summed E-state index contributed by atoms with van der Waals surface area (Å²) < 4.78 is 0. The highest BCUT2D eigenvalue weighted by molar-refractivity contribution is 6.08. The minimum absolute atomic E-state index is 0.366. The summed E-state index contributed by atoms with van der Waals surface area (Å²) in [6, 6.07) is 7.85. The molecule has 2 rings (SSSR count). The maximum Gasteiger partial charge on any atom is 0.154 e. The van der Waals surface area contributed by atoms with Gasteiger partial charge in [0.2, 0.25) is 0 Å². The molecule has 1 aromatic carbocycles. The molecule has 0 atom stereocenters. The number of hydrazine groups is 1. The van der Waals surface area contributed by atoms with Crippen LogP contribution in [0.5, 0.6) is 0 Å². The molecule has 6 N–H and O–H groups in total. The Kier molecular flexibility index (Phi) is 2.08. The standard InChI is InChI=1S/C9H11N5/c10-9(13-14-11)7-5-12-8-4-2-1-3-6(7)8/h1-5,12,14H,11H2,(H2,10,13). The highest BCUT2D eigenvalue weighted by atomic mass is 15.5. The van der Waals surface area contributed by atoms with Crippen LogP contribution in [0.1, 0.15) is 5.56 Å². The zero-order valence-corrected chi connectivity index (χ0v) is 7.49. The maximum atomic E-state index is 5.70. The average molecular weight is 189 g/mol. The lowest BCUT2D eigenvalue weighted by molar-refractivity contribution is 0.804. The number of para-hydroxylation sites is 1. The molecule has 0 unspecified atom stereocenters. The predicted molar refractivity (Wildman–Crippen MR) is 56.3 cm³/mol. The van der Waals surface area contributed by atoms with Crippen LogP contribution in [0.15, 0.2) is 35.6 Å². The molecule has 0 spiro atoms. The number of nitrogens with two attached hydrogens (primary N) is 2. The summed E-state index contributed by atoms with van der Waals surface area (Å²) in [7, 11) is 0. The number of fused-ring (bicyclic) bond motifs is 1. The van der Waals surface area contributed by atoms with Crippen LogP contribution in [0.4, 0.5) is 0 Å². The Morgan fingerprint density at radius 3 is 2.93 bits per heavy atom. The average Bonchev–Trinajstić information content (AvgIpc) is 2.61. The van der Waals surface area contributed by atoms with E-state index in [1.165, 1.54) is 0 Å². The van der Waals surface area contributed by atoms with Crippen LogP contribution in [0.3, 0.4) is 0 Å². The van der Waals surface area contributed by atoms with Gasteiger partial charge in [0.25, 0.3) is 0 Å². The molecule has 1 heterocycles. The van der Waals surface area contributed by atoms with Crippen LogP contribution in [-0.4, -0.2) is 10.8 Å². The fraction of sp³-hybridized carbons (Fsp3) is 0. The van der Waals surface area contributed by atoms with E-state index >= 15 is 0 Å². The molecule has 0 radical (unpaired) electrons. The van der Waals surface area contributed by atoms with Crippen molar-refractivity contribution in [2.24, 2.45) is 16.7 Å². The Morgan fingerprint density at radius 1 is 1.36 bits per heavy atom. The van der Waals surface area contributed by atoms with E-state index in [1.807, 2.05) is 24.3 Å². The zero-order valence-electron chi connectivity index (χ0n) is 7.49. The van der Waals surface area contributed by atoms with Gasteiger partial charge in [0.15, 0.2) is 5.84 Å². The van der Waals surface area contributed by atoms with Crippen molar-refractivity contribution in [1.82, 2.24) is 10.5 Å². The van der Waals surface area contributed by atoms with Crippen molar-refractivity contribution in [1.29, 1.82) is 0 Å². The number of hydrogen-bond acceptors (Lipinski definition) is 3. The third-order valence-electron chi connectivity index (χ3n) is 2.05. The van der Waals surface area contributed by atoms with Gasteiger partial charge in [-0.1, -0.05) is 18.2 Å². The van der Waals surface area contributed by atoms with Crippen molar-refractivity contribution in [2.75, 3.05) is 0 Å². The van der Waals surface area contributed by atoms with Crippen molar-refractivity contribution in [3.05, 3.63) is 36.0 Å². The van der Waals surface area contributed by atoms with Gasteiger partial charge in [0.1, 0.15) is 0 Å². The van der Waals surface area contributed by atoms with E-state index in [1.54, 1.807) is 6.20 Å². The molecule has 0 fully saturated rings. The lowest BCUT2D eigenvalue weighted by atomic mass is 10.1. The number of hydrazone groups is 1. The van der Waals surface area contributed by atoms with Crippen molar-refractivity contribution < 1.29 is 0 Å². The van der Waals surface area contributed by atoms with Crippen LogP contribution in [0.2, 0.25) is 0 Å². The van der Waals surface area contributed by atoms with Gasteiger partial charge in [-0.3, -0.25) is 0 Å². The van der Waals surface area contributed by atoms with Crippen molar-refractivity contribution in [3.8, 4) is 0 Å². The molecule has 5 heteroatoms. The monoisotopic (exact) mass is 189 g/mol. The van der Waals surface area contributed by atoms with E-state index in [-0.39, 0.29) is 0 Å². The first-order valence-electron chi connectivity index (χ1n) is 4.18. The summed E-state index contributed by atoms with van der Waals surface area (Å²) in [5, 5.41) is 4.75. The predicted octanol–water partition coefficient (Wildman–Crippen LogP) is 0.252. The number of H-pyrrole nitrogens is 1. The minimum Gasteiger partial charge on any atom is -0.382 e. The molecule has 0 aliphatic heterocycles. The number of benzene rings is 1. The molecular formula is C9H11N5. The van der Waals surface area contributed by atoms with Crippen molar-refractivity contribution >= 4 is 16.7 Å². The summed E-state index contributed by atoms with van der Waals surface area (Å²) >= 11 is 0. The smallest absolute Gasteiger partial charge is 0.154 e. The lowest BCUT2D eigenvalue weighted by Crippen LogP contribution is -2.22. The molecule has 0 aliphatic rings. The fourth-order valence-electron chi connectivity index (χ4n) is 1.41. The first kappa shape index (κ1) is 8.58. The summed E-state index contributed by atoms with van der Waals surface area (Å²) in [6.45, 7) is 0. The molecule has 0 amide bonds. The van der Waals surface area contributed by atoms with E-state index in [9.17, 15) is 0 Å². The quantitative estimate of drug-likeness (QED) is 0.236. The van der Waals surface area contributed by atoms with Crippen LogP contribution in [-0.2, 0) is 0 Å². The van der Waals surface area contributed by atoms with E-state index < -0.39 is 0 Å². The number of aromatic nitrogens is 1. The SMILES string of the molecule is NN/N=C(\N)c1c[nH]c2ccccc12. The molecule has 0 aliphatic carbocycles. The molecule has 0 saturated heterocycles. The van der Waals surface area contributed by atoms with Gasteiger partial charge in [-0.2, -0.15) is 0 Å². The van der Waals surface area contributed by atoms with Gasteiger partial charge >= 0.3 is 0 Å². The molecule has 14 heavy (non-hydrogen) atoms. The third kappa shape index (κ3) is 1.29. The Hall–Kier alpha value is -2.01. The van der Waals surface area contributed by atoms with Gasteiger partial charge in [-0.25, -0.2) is 11.4 Å². The van der Waals surface area contributed by atoms with E-state index in [2.05, 4.69) is 15.6 Å². The summed E-state index contributed by atoms with van der Waals surface area (Å²) in [6.07, 6.45) is 1.81. The second kappa shape index (κ2) is 3.39. The molecule has 1 aromatic heterocycles. The lowest BCUT2D eigenvalue weighted by Gasteiger charge is -1.97. The highest BCUT2D eigenvalue weighted by Crippen LogP contribution is 2.16. The van der Waals surface area contributed by atoms with E-state index in [0.717, 1.165) is 16.5 Å². The Balaban J connectivity index is 2.58. The molecule has 2 aromatic rings. The number of nitrogens with zero attached hydrogens (tertiary/aromatic N) is 1. The summed E-state index contributed by atoms with van der Waals surface area (Å²) in [5.74, 6) is 5.42. The van der Waals surface area contributed by atoms with Gasteiger partial charge in [-0.15, -0.1) is 5.10 Å². The molecule has 0 saturated carbocycles. The Bertz CT molecular complexity index is 471. The molecule has 5 nitrogen and oxygen atoms in total. The van der Waals surface area contributed by atoms with Crippen LogP contribution >= 0.6 is 0 Å². The minimum atomic E-state index is 0.366. The topological polar surface area (TPSA) is 92.2 Å². The second-order valence-electron chi connectivity index (χ2n) is 2.87. The normalized spacial score (nSPS) is 11.9. The second-order valence-corrected chi connectivity index (χ2v) is 2.87. The van der Waals surface area contributed by atoms with Crippen LogP contribution in [0, 0.1) is 0 Å².